The molecule has 0 aliphatic carbocycles. The highest BCUT2D eigenvalue weighted by Crippen LogP contribution is 2.34. The third kappa shape index (κ3) is 2.70. The smallest absolute Gasteiger partial charge is 0.0950 e. The van der Waals surface area contributed by atoms with E-state index in [0.717, 1.165) is 18.7 Å². The number of pyridine rings is 1. The number of halogens is 1. The maximum absolute atomic E-state index is 5.80. The molecule has 0 fully saturated rings. The second-order valence-electron chi connectivity index (χ2n) is 4.90. The molecule has 2 aromatic rings. The van der Waals surface area contributed by atoms with Crippen LogP contribution in [0.4, 0.5) is 0 Å². The average molecular weight is 291 g/mol. The van der Waals surface area contributed by atoms with Gasteiger partial charge < -0.3 is 10.5 Å². The number of ether oxygens (including phenoxy) is 1. The molecule has 3 nitrogen and oxygen atoms in total. The van der Waals surface area contributed by atoms with E-state index in [9.17, 15) is 0 Å². The molecule has 0 saturated heterocycles. The first-order valence-electron chi connectivity index (χ1n) is 6.66. The van der Waals surface area contributed by atoms with Crippen molar-refractivity contribution in [3.05, 3.63) is 53.3 Å². The van der Waals surface area contributed by atoms with E-state index in [-0.39, 0.29) is 18.5 Å². The van der Waals surface area contributed by atoms with Crippen molar-refractivity contribution in [3.63, 3.8) is 0 Å². The molecule has 4 heteroatoms. The zero-order valence-corrected chi connectivity index (χ0v) is 12.3. The Morgan fingerprint density at radius 2 is 2.20 bits per heavy atom. The molecule has 1 aliphatic rings. The fourth-order valence-corrected chi connectivity index (χ4v) is 2.76. The van der Waals surface area contributed by atoms with Gasteiger partial charge >= 0.3 is 0 Å². The lowest BCUT2D eigenvalue weighted by Crippen LogP contribution is -2.23. The minimum Gasteiger partial charge on any atom is -0.372 e. The van der Waals surface area contributed by atoms with Gasteiger partial charge in [-0.3, -0.25) is 4.98 Å². The normalized spacial score (nSPS) is 17.2. The molecule has 1 atom stereocenters. The summed E-state index contributed by atoms with van der Waals surface area (Å²) in [6.07, 6.45) is 2.85. The Balaban J connectivity index is 0.00000147. The number of hydrogen-bond acceptors (Lipinski definition) is 3. The number of nitrogens with zero attached hydrogens (tertiary/aromatic N) is 1. The molecule has 3 rings (SSSR count). The van der Waals surface area contributed by atoms with E-state index in [0.29, 0.717) is 6.54 Å². The molecule has 2 heterocycles. The van der Waals surface area contributed by atoms with Crippen LogP contribution in [-0.2, 0) is 11.2 Å². The number of aryl methyl sites for hydroxylation is 1. The Kier molecular flexibility index (Phi) is 4.76. The minimum atomic E-state index is 0. The van der Waals surface area contributed by atoms with Crippen molar-refractivity contribution in [2.75, 3.05) is 13.2 Å². The van der Waals surface area contributed by atoms with E-state index >= 15 is 0 Å². The van der Waals surface area contributed by atoms with Crippen LogP contribution in [0.3, 0.4) is 0 Å². The van der Waals surface area contributed by atoms with Crippen LogP contribution in [0.5, 0.6) is 0 Å². The number of hydrogen-bond donors (Lipinski definition) is 1. The van der Waals surface area contributed by atoms with Crippen molar-refractivity contribution in [3.8, 4) is 11.1 Å². The lowest BCUT2D eigenvalue weighted by atomic mass is 9.90. The molecule has 0 amide bonds. The van der Waals surface area contributed by atoms with Gasteiger partial charge in [0.2, 0.25) is 0 Å². The predicted molar refractivity (Wildman–Crippen MR) is 83.1 cm³/mol. The van der Waals surface area contributed by atoms with Crippen LogP contribution in [-0.4, -0.2) is 18.1 Å². The van der Waals surface area contributed by atoms with Gasteiger partial charge in [0.25, 0.3) is 0 Å². The van der Waals surface area contributed by atoms with E-state index in [2.05, 4.69) is 35.3 Å². The molecular formula is C16H19ClN2O. The summed E-state index contributed by atoms with van der Waals surface area (Å²) in [4.78, 5) is 4.26. The van der Waals surface area contributed by atoms with E-state index in [1.165, 1.54) is 22.3 Å². The van der Waals surface area contributed by atoms with E-state index in [1.807, 2.05) is 13.1 Å². The maximum Gasteiger partial charge on any atom is 0.0950 e. The third-order valence-corrected chi connectivity index (χ3v) is 3.65. The fourth-order valence-electron chi connectivity index (χ4n) is 2.76. The van der Waals surface area contributed by atoms with Gasteiger partial charge in [-0.05, 0) is 47.7 Å². The standard InChI is InChI=1S/C16H18N2O.ClH/c1-11-9-12(5-7-18-11)13-3-2-4-15-14(13)6-8-19-16(15)10-17;/h2-5,7,9,16H,6,8,10,17H2,1H3;1H. The van der Waals surface area contributed by atoms with Crippen LogP contribution in [0.1, 0.15) is 22.9 Å². The minimum absolute atomic E-state index is 0. The Labute approximate surface area is 125 Å². The van der Waals surface area contributed by atoms with Crippen molar-refractivity contribution < 1.29 is 4.74 Å². The molecule has 0 spiro atoms. The molecular weight excluding hydrogens is 272 g/mol. The second-order valence-corrected chi connectivity index (χ2v) is 4.90. The lowest BCUT2D eigenvalue weighted by Gasteiger charge is -2.27. The summed E-state index contributed by atoms with van der Waals surface area (Å²) in [5.41, 5.74) is 11.9. The highest BCUT2D eigenvalue weighted by atomic mass is 35.5. The summed E-state index contributed by atoms with van der Waals surface area (Å²) in [7, 11) is 0. The van der Waals surface area contributed by atoms with Crippen LogP contribution in [0.25, 0.3) is 11.1 Å². The average Bonchev–Trinajstić information content (AvgIpc) is 2.46. The summed E-state index contributed by atoms with van der Waals surface area (Å²) in [5, 5.41) is 0. The van der Waals surface area contributed by atoms with Crippen LogP contribution in [0.2, 0.25) is 0 Å². The Bertz CT molecular complexity index is 601. The summed E-state index contributed by atoms with van der Waals surface area (Å²) >= 11 is 0. The number of nitrogens with two attached hydrogens (primary N) is 1. The molecule has 0 bridgehead atoms. The Hall–Kier alpha value is -1.42. The summed E-state index contributed by atoms with van der Waals surface area (Å²) in [6.45, 7) is 3.30. The van der Waals surface area contributed by atoms with Crippen LogP contribution < -0.4 is 5.73 Å². The first-order valence-corrected chi connectivity index (χ1v) is 6.66. The molecule has 0 saturated carbocycles. The molecule has 1 unspecified atom stereocenters. The molecule has 1 aliphatic heterocycles. The first-order chi connectivity index (χ1) is 9.29. The number of fused-ring (bicyclic) bond motifs is 1. The van der Waals surface area contributed by atoms with Crippen molar-refractivity contribution in [2.24, 2.45) is 5.73 Å². The zero-order valence-electron chi connectivity index (χ0n) is 11.5. The van der Waals surface area contributed by atoms with Gasteiger partial charge in [0, 0.05) is 18.4 Å². The largest absolute Gasteiger partial charge is 0.372 e. The van der Waals surface area contributed by atoms with E-state index in [1.54, 1.807) is 0 Å². The van der Waals surface area contributed by atoms with Crippen molar-refractivity contribution in [1.29, 1.82) is 0 Å². The molecule has 2 N–H and O–H groups in total. The van der Waals surface area contributed by atoms with E-state index in [4.69, 9.17) is 10.5 Å². The first kappa shape index (κ1) is 15.0. The fraction of sp³-hybridized carbons (Fsp3) is 0.312. The highest BCUT2D eigenvalue weighted by Gasteiger charge is 2.21. The molecule has 1 aromatic heterocycles. The van der Waals surface area contributed by atoms with Gasteiger partial charge in [-0.1, -0.05) is 18.2 Å². The molecule has 106 valence electrons. The summed E-state index contributed by atoms with van der Waals surface area (Å²) in [5.74, 6) is 0. The van der Waals surface area contributed by atoms with Crippen molar-refractivity contribution in [1.82, 2.24) is 4.98 Å². The van der Waals surface area contributed by atoms with Gasteiger partial charge in [0.1, 0.15) is 0 Å². The predicted octanol–water partition coefficient (Wildman–Crippen LogP) is 3.05. The van der Waals surface area contributed by atoms with Crippen LogP contribution >= 0.6 is 12.4 Å². The lowest BCUT2D eigenvalue weighted by molar-refractivity contribution is 0.0486. The topological polar surface area (TPSA) is 48.1 Å². The summed E-state index contributed by atoms with van der Waals surface area (Å²) < 4.78 is 5.73. The summed E-state index contributed by atoms with van der Waals surface area (Å²) in [6, 6.07) is 10.6. The zero-order chi connectivity index (χ0) is 13.2. The van der Waals surface area contributed by atoms with Crippen LogP contribution in [0, 0.1) is 6.92 Å². The molecule has 20 heavy (non-hydrogen) atoms. The van der Waals surface area contributed by atoms with Gasteiger partial charge in [0.05, 0.1) is 12.7 Å². The van der Waals surface area contributed by atoms with Gasteiger partial charge in [-0.2, -0.15) is 0 Å². The Morgan fingerprint density at radius 1 is 1.35 bits per heavy atom. The van der Waals surface area contributed by atoms with Crippen LogP contribution in [0.15, 0.2) is 36.5 Å². The molecule has 1 aromatic carbocycles. The number of rotatable bonds is 2. The van der Waals surface area contributed by atoms with Crippen molar-refractivity contribution in [2.45, 2.75) is 19.4 Å². The second kappa shape index (κ2) is 6.35. The third-order valence-electron chi connectivity index (χ3n) is 3.65. The van der Waals surface area contributed by atoms with E-state index < -0.39 is 0 Å². The quantitative estimate of drug-likeness (QED) is 0.925. The van der Waals surface area contributed by atoms with Gasteiger partial charge in [-0.15, -0.1) is 12.4 Å². The SMILES string of the molecule is Cc1cc(-c2cccc3c2CCOC3CN)ccn1.Cl. The highest BCUT2D eigenvalue weighted by molar-refractivity contribution is 5.85. The Morgan fingerprint density at radius 3 is 2.95 bits per heavy atom. The van der Waals surface area contributed by atoms with Gasteiger partial charge in [0.15, 0.2) is 0 Å². The van der Waals surface area contributed by atoms with Gasteiger partial charge in [-0.25, -0.2) is 0 Å². The monoisotopic (exact) mass is 290 g/mol. The number of aromatic nitrogens is 1. The van der Waals surface area contributed by atoms with Crippen molar-refractivity contribution >= 4 is 12.4 Å². The maximum atomic E-state index is 5.80. The number of benzene rings is 1. The molecule has 0 radical (unpaired) electrons.